The van der Waals surface area contributed by atoms with Crippen molar-refractivity contribution in [3.8, 4) is 0 Å². The Morgan fingerprint density at radius 1 is 1.20 bits per heavy atom. The predicted molar refractivity (Wildman–Crippen MR) is 67.6 cm³/mol. The average Bonchev–Trinajstić information content (AvgIpc) is 2.11. The van der Waals surface area contributed by atoms with Gasteiger partial charge < -0.3 is 9.80 Å². The molecule has 0 aliphatic heterocycles. The highest BCUT2D eigenvalue weighted by Gasteiger charge is 2.39. The Labute approximate surface area is 98.9 Å². The molecule has 1 aliphatic carbocycles. The molecule has 0 aromatic rings. The van der Waals surface area contributed by atoms with Gasteiger partial charge in [0.05, 0.1) is 0 Å². The summed E-state index contributed by atoms with van der Waals surface area (Å²) in [6.45, 7) is 2.16. The van der Waals surface area contributed by atoms with Gasteiger partial charge in [-0.25, -0.2) is 0 Å². The van der Waals surface area contributed by atoms with E-state index in [-0.39, 0.29) is 0 Å². The van der Waals surface area contributed by atoms with Crippen LogP contribution in [0, 0.1) is 0 Å². The highest BCUT2D eigenvalue weighted by Crippen LogP contribution is 2.36. The molecule has 88 valence electrons. The van der Waals surface area contributed by atoms with Gasteiger partial charge in [-0.05, 0) is 40.4 Å². The summed E-state index contributed by atoms with van der Waals surface area (Å²) < 4.78 is 0. The van der Waals surface area contributed by atoms with E-state index in [1.165, 1.54) is 19.3 Å². The molecule has 0 aromatic carbocycles. The maximum absolute atomic E-state index is 5.59. The molecule has 0 radical (unpaired) electrons. The van der Waals surface area contributed by atoms with Gasteiger partial charge in [0.1, 0.15) is 0 Å². The van der Waals surface area contributed by atoms with E-state index in [0.29, 0.717) is 11.4 Å². The van der Waals surface area contributed by atoms with Crippen molar-refractivity contribution >= 4 is 11.6 Å². The molecule has 0 heterocycles. The van der Waals surface area contributed by atoms with Crippen molar-refractivity contribution in [2.45, 2.75) is 24.8 Å². The fourth-order valence-corrected chi connectivity index (χ4v) is 2.34. The van der Waals surface area contributed by atoms with Gasteiger partial charge in [0.15, 0.2) is 0 Å². The number of hydrogen-bond donors (Lipinski definition) is 0. The minimum Gasteiger partial charge on any atom is -0.302 e. The van der Waals surface area contributed by atoms with Gasteiger partial charge in [0.25, 0.3) is 0 Å². The van der Waals surface area contributed by atoms with Crippen LogP contribution in [0.5, 0.6) is 0 Å². The zero-order valence-electron chi connectivity index (χ0n) is 10.2. The lowest BCUT2D eigenvalue weighted by Crippen LogP contribution is -2.56. The van der Waals surface area contributed by atoms with Gasteiger partial charge in [-0.1, -0.05) is 12.2 Å². The van der Waals surface area contributed by atoms with E-state index < -0.39 is 0 Å². The van der Waals surface area contributed by atoms with Gasteiger partial charge in [-0.3, -0.25) is 0 Å². The van der Waals surface area contributed by atoms with E-state index >= 15 is 0 Å². The number of alkyl halides is 1. The smallest absolute Gasteiger partial charge is 0.0404 e. The van der Waals surface area contributed by atoms with Crippen molar-refractivity contribution in [1.82, 2.24) is 9.80 Å². The Balaban J connectivity index is 2.35. The molecule has 0 atom stereocenters. The molecule has 1 aliphatic rings. The topological polar surface area (TPSA) is 6.48 Å². The Bertz CT molecular complexity index is 210. The SMILES string of the molecule is CN(C/C=C/CCl)CC1(N(C)C)CCC1. The molecule has 15 heavy (non-hydrogen) atoms. The first-order chi connectivity index (χ1) is 7.10. The molecule has 3 heteroatoms. The molecular formula is C12H23ClN2. The number of rotatable bonds is 6. The first kappa shape index (κ1) is 13.0. The summed E-state index contributed by atoms with van der Waals surface area (Å²) in [5.41, 5.74) is 0.434. The monoisotopic (exact) mass is 230 g/mol. The van der Waals surface area contributed by atoms with Crippen molar-refractivity contribution < 1.29 is 0 Å². The average molecular weight is 231 g/mol. The summed E-state index contributed by atoms with van der Waals surface area (Å²) in [5, 5.41) is 0. The fraction of sp³-hybridized carbons (Fsp3) is 0.833. The van der Waals surface area contributed by atoms with Gasteiger partial charge in [-0.15, -0.1) is 11.6 Å². The zero-order chi connectivity index (χ0) is 11.3. The van der Waals surface area contributed by atoms with Crippen LogP contribution in [0.15, 0.2) is 12.2 Å². The molecule has 1 saturated carbocycles. The third-order valence-corrected chi connectivity index (χ3v) is 3.65. The summed E-state index contributed by atoms with van der Waals surface area (Å²) in [5.74, 6) is 0.618. The molecule has 0 spiro atoms. The van der Waals surface area contributed by atoms with Gasteiger partial charge >= 0.3 is 0 Å². The molecule has 1 fully saturated rings. The predicted octanol–water partition coefficient (Wildman–Crippen LogP) is 2.20. The van der Waals surface area contributed by atoms with Crippen LogP contribution in [-0.4, -0.2) is 55.5 Å². The second kappa shape index (κ2) is 5.88. The van der Waals surface area contributed by atoms with Crippen LogP contribution in [0.4, 0.5) is 0 Å². The first-order valence-electron chi connectivity index (χ1n) is 5.68. The second-order valence-corrected chi connectivity index (χ2v) is 5.10. The van der Waals surface area contributed by atoms with Crippen molar-refractivity contribution in [3.05, 3.63) is 12.2 Å². The number of halogens is 1. The number of nitrogens with zero attached hydrogens (tertiary/aromatic N) is 2. The Morgan fingerprint density at radius 3 is 2.27 bits per heavy atom. The van der Waals surface area contributed by atoms with Crippen LogP contribution in [0.1, 0.15) is 19.3 Å². The van der Waals surface area contributed by atoms with E-state index in [9.17, 15) is 0 Å². The summed E-state index contributed by atoms with van der Waals surface area (Å²) >= 11 is 5.59. The van der Waals surface area contributed by atoms with Crippen LogP contribution in [0.25, 0.3) is 0 Å². The van der Waals surface area contributed by atoms with Crippen molar-refractivity contribution in [2.24, 2.45) is 0 Å². The third-order valence-electron chi connectivity index (χ3n) is 3.47. The third kappa shape index (κ3) is 3.47. The molecule has 0 amide bonds. The zero-order valence-corrected chi connectivity index (χ0v) is 10.9. The van der Waals surface area contributed by atoms with E-state index in [0.717, 1.165) is 13.1 Å². The normalized spacial score (nSPS) is 20.1. The van der Waals surface area contributed by atoms with Crippen LogP contribution >= 0.6 is 11.6 Å². The Morgan fingerprint density at radius 2 is 1.87 bits per heavy atom. The molecule has 0 N–H and O–H groups in total. The summed E-state index contributed by atoms with van der Waals surface area (Å²) in [7, 11) is 6.57. The van der Waals surface area contributed by atoms with Crippen LogP contribution in [0.2, 0.25) is 0 Å². The fourth-order valence-electron chi connectivity index (χ4n) is 2.22. The van der Waals surface area contributed by atoms with E-state index in [1.807, 2.05) is 6.08 Å². The van der Waals surface area contributed by atoms with Crippen LogP contribution < -0.4 is 0 Å². The minimum absolute atomic E-state index is 0.434. The molecular weight excluding hydrogens is 208 g/mol. The lowest BCUT2D eigenvalue weighted by Gasteiger charge is -2.49. The Kier molecular flexibility index (Phi) is 5.10. The number of hydrogen-bond acceptors (Lipinski definition) is 2. The summed E-state index contributed by atoms with van der Waals surface area (Å²) in [6, 6.07) is 0. The number of allylic oxidation sites excluding steroid dienone is 1. The van der Waals surface area contributed by atoms with Crippen molar-refractivity contribution in [3.63, 3.8) is 0 Å². The standard InChI is InChI=1S/C12H23ClN2/c1-14(2)12(7-6-8-12)11-15(3)10-5-4-9-13/h4-5H,6-11H2,1-3H3/b5-4+. The van der Waals surface area contributed by atoms with Gasteiger partial charge in [-0.2, -0.15) is 0 Å². The minimum atomic E-state index is 0.434. The maximum Gasteiger partial charge on any atom is 0.0404 e. The number of likely N-dealkylation sites (N-methyl/N-ethyl adjacent to an activating group) is 2. The molecule has 0 saturated heterocycles. The largest absolute Gasteiger partial charge is 0.302 e. The highest BCUT2D eigenvalue weighted by molar-refractivity contribution is 6.18. The summed E-state index contributed by atoms with van der Waals surface area (Å²) in [6.07, 6.45) is 8.22. The van der Waals surface area contributed by atoms with Crippen LogP contribution in [0.3, 0.4) is 0 Å². The molecule has 0 unspecified atom stereocenters. The Hall–Kier alpha value is -0.0500. The van der Waals surface area contributed by atoms with Gasteiger partial charge in [0.2, 0.25) is 0 Å². The summed E-state index contributed by atoms with van der Waals surface area (Å²) in [4.78, 5) is 4.76. The first-order valence-corrected chi connectivity index (χ1v) is 6.21. The van der Waals surface area contributed by atoms with Crippen molar-refractivity contribution in [2.75, 3.05) is 40.1 Å². The van der Waals surface area contributed by atoms with E-state index in [2.05, 4.69) is 37.0 Å². The highest BCUT2D eigenvalue weighted by atomic mass is 35.5. The quantitative estimate of drug-likeness (QED) is 0.510. The second-order valence-electron chi connectivity index (χ2n) is 4.79. The molecule has 1 rings (SSSR count). The van der Waals surface area contributed by atoms with E-state index in [4.69, 9.17) is 11.6 Å². The molecule has 2 nitrogen and oxygen atoms in total. The lowest BCUT2D eigenvalue weighted by molar-refractivity contribution is 0.0308. The van der Waals surface area contributed by atoms with Gasteiger partial charge in [0, 0.05) is 24.5 Å². The van der Waals surface area contributed by atoms with E-state index in [1.54, 1.807) is 0 Å². The lowest BCUT2D eigenvalue weighted by atomic mass is 9.75. The maximum atomic E-state index is 5.59. The van der Waals surface area contributed by atoms with Crippen molar-refractivity contribution in [1.29, 1.82) is 0 Å². The van der Waals surface area contributed by atoms with Crippen LogP contribution in [-0.2, 0) is 0 Å². The molecule has 0 bridgehead atoms. The molecule has 0 aromatic heterocycles.